The number of halogens is 4. The van der Waals surface area contributed by atoms with E-state index in [2.05, 4.69) is 10.1 Å². The van der Waals surface area contributed by atoms with Gasteiger partial charge in [0, 0.05) is 0 Å². The van der Waals surface area contributed by atoms with Crippen molar-refractivity contribution in [1.29, 1.82) is 0 Å². The molecule has 0 unspecified atom stereocenters. The molecule has 0 aromatic carbocycles. The minimum Gasteiger partial charge on any atom is -0.240 e. The van der Waals surface area contributed by atoms with Crippen molar-refractivity contribution in [1.82, 2.24) is 4.98 Å². The first-order chi connectivity index (χ1) is 6.75. The number of rotatable bonds is 2. The van der Waals surface area contributed by atoms with Crippen LogP contribution >= 0.6 is 11.6 Å². The van der Waals surface area contributed by atoms with Crippen molar-refractivity contribution in [2.45, 2.75) is 11.3 Å². The standard InChI is InChI=1S/C6H4ClF3N2O2S/c7-5-4(15(11,13)14)3(6(9)10)2(8)1-12-5/h1,6H,(H2,11,13,14). The van der Waals surface area contributed by atoms with Crippen molar-refractivity contribution in [2.24, 2.45) is 5.14 Å². The Hall–Kier alpha value is -0.860. The summed E-state index contributed by atoms with van der Waals surface area (Å²) in [6.45, 7) is 0. The van der Waals surface area contributed by atoms with Gasteiger partial charge >= 0.3 is 0 Å². The lowest BCUT2D eigenvalue weighted by Crippen LogP contribution is -2.17. The molecule has 84 valence electrons. The molecule has 0 amide bonds. The van der Waals surface area contributed by atoms with Gasteiger partial charge in [0.15, 0.2) is 5.82 Å². The number of hydrogen-bond donors (Lipinski definition) is 1. The van der Waals surface area contributed by atoms with Gasteiger partial charge in [0.05, 0.1) is 11.8 Å². The van der Waals surface area contributed by atoms with Gasteiger partial charge in [0.1, 0.15) is 10.0 Å². The summed E-state index contributed by atoms with van der Waals surface area (Å²) >= 11 is 5.26. The summed E-state index contributed by atoms with van der Waals surface area (Å²) in [6, 6.07) is 0. The van der Waals surface area contributed by atoms with Crippen molar-refractivity contribution in [2.75, 3.05) is 0 Å². The molecule has 1 aromatic rings. The molecule has 1 rings (SSSR count). The second-order valence-corrected chi connectivity index (χ2v) is 4.34. The lowest BCUT2D eigenvalue weighted by Gasteiger charge is -2.08. The van der Waals surface area contributed by atoms with E-state index in [-0.39, 0.29) is 0 Å². The summed E-state index contributed by atoms with van der Waals surface area (Å²) in [5, 5.41) is 3.83. The number of primary sulfonamides is 1. The fourth-order valence-corrected chi connectivity index (χ4v) is 2.19. The highest BCUT2D eigenvalue weighted by atomic mass is 35.5. The summed E-state index contributed by atoms with van der Waals surface area (Å²) < 4.78 is 59.4. The first-order valence-corrected chi connectivity index (χ1v) is 5.32. The van der Waals surface area contributed by atoms with Gasteiger partial charge in [0.2, 0.25) is 10.0 Å². The zero-order valence-corrected chi connectivity index (χ0v) is 8.49. The van der Waals surface area contributed by atoms with E-state index in [9.17, 15) is 21.6 Å². The minimum atomic E-state index is -4.55. The largest absolute Gasteiger partial charge is 0.268 e. The van der Waals surface area contributed by atoms with Gasteiger partial charge in [-0.1, -0.05) is 11.6 Å². The van der Waals surface area contributed by atoms with E-state index in [0.717, 1.165) is 0 Å². The van der Waals surface area contributed by atoms with Crippen LogP contribution < -0.4 is 5.14 Å². The third kappa shape index (κ3) is 2.39. The molecule has 15 heavy (non-hydrogen) atoms. The molecule has 0 aliphatic rings. The van der Waals surface area contributed by atoms with Crippen LogP contribution in [0, 0.1) is 5.82 Å². The Labute approximate surface area is 87.9 Å². The smallest absolute Gasteiger partial charge is 0.240 e. The molecule has 0 aliphatic heterocycles. The first-order valence-electron chi connectivity index (χ1n) is 3.40. The molecule has 1 aromatic heterocycles. The molecule has 4 nitrogen and oxygen atoms in total. The van der Waals surface area contributed by atoms with Crippen molar-refractivity contribution in [3.63, 3.8) is 0 Å². The van der Waals surface area contributed by atoms with Crippen LogP contribution in [0.15, 0.2) is 11.1 Å². The molecule has 0 aliphatic carbocycles. The number of aromatic nitrogens is 1. The van der Waals surface area contributed by atoms with Gasteiger partial charge in [-0.2, -0.15) is 0 Å². The summed E-state index contributed by atoms with van der Waals surface area (Å²) in [6.07, 6.45) is -2.95. The molecule has 2 N–H and O–H groups in total. The SMILES string of the molecule is NS(=O)(=O)c1c(Cl)ncc(F)c1C(F)F. The van der Waals surface area contributed by atoms with E-state index >= 15 is 0 Å². The van der Waals surface area contributed by atoms with E-state index in [4.69, 9.17) is 11.6 Å². The van der Waals surface area contributed by atoms with Gasteiger partial charge in [-0.15, -0.1) is 0 Å². The number of hydrogen-bond acceptors (Lipinski definition) is 3. The zero-order chi connectivity index (χ0) is 11.8. The van der Waals surface area contributed by atoms with Crippen LogP contribution in [0.25, 0.3) is 0 Å². The van der Waals surface area contributed by atoms with E-state index in [1.807, 2.05) is 0 Å². The van der Waals surface area contributed by atoms with Crippen molar-refractivity contribution >= 4 is 21.6 Å². The molecule has 0 bridgehead atoms. The molecule has 9 heteroatoms. The maximum atomic E-state index is 12.9. The molecule has 0 atom stereocenters. The van der Waals surface area contributed by atoms with Crippen molar-refractivity contribution in [3.8, 4) is 0 Å². The second kappa shape index (κ2) is 3.95. The maximum absolute atomic E-state index is 12.9. The monoisotopic (exact) mass is 260 g/mol. The quantitative estimate of drug-likeness (QED) is 0.818. The van der Waals surface area contributed by atoms with E-state index < -0.39 is 37.9 Å². The zero-order valence-electron chi connectivity index (χ0n) is 6.92. The third-order valence-electron chi connectivity index (χ3n) is 1.48. The van der Waals surface area contributed by atoms with Crippen LogP contribution in [0.5, 0.6) is 0 Å². The van der Waals surface area contributed by atoms with Crippen LogP contribution in [0.4, 0.5) is 13.2 Å². The van der Waals surface area contributed by atoms with Crippen molar-refractivity contribution < 1.29 is 21.6 Å². The summed E-state index contributed by atoms with van der Waals surface area (Å²) in [7, 11) is -4.55. The maximum Gasteiger partial charge on any atom is 0.268 e. The molecule has 1 heterocycles. The van der Waals surface area contributed by atoms with Crippen LogP contribution in [-0.2, 0) is 10.0 Å². The Morgan fingerprint density at radius 3 is 2.33 bits per heavy atom. The minimum absolute atomic E-state index is 0.401. The van der Waals surface area contributed by atoms with Gasteiger partial charge < -0.3 is 0 Å². The number of sulfonamides is 1. The Bertz CT molecular complexity index is 491. The Morgan fingerprint density at radius 2 is 2.00 bits per heavy atom. The number of alkyl halides is 2. The fraction of sp³-hybridized carbons (Fsp3) is 0.167. The highest BCUT2D eigenvalue weighted by Crippen LogP contribution is 2.31. The molecule has 0 saturated carbocycles. The third-order valence-corrected chi connectivity index (χ3v) is 2.86. The van der Waals surface area contributed by atoms with Crippen LogP contribution in [-0.4, -0.2) is 13.4 Å². The highest BCUT2D eigenvalue weighted by molar-refractivity contribution is 7.89. The average molecular weight is 261 g/mol. The fourth-order valence-electron chi connectivity index (χ4n) is 0.935. The first kappa shape index (κ1) is 12.2. The van der Waals surface area contributed by atoms with Gasteiger partial charge in [-0.3, -0.25) is 0 Å². The predicted molar refractivity (Wildman–Crippen MR) is 45.5 cm³/mol. The summed E-state index contributed by atoms with van der Waals surface area (Å²) in [5.74, 6) is -1.47. The number of pyridine rings is 1. The van der Waals surface area contributed by atoms with Gasteiger partial charge in [-0.05, 0) is 0 Å². The molecular formula is C6H4ClF3N2O2S. The number of nitrogens with zero attached hydrogens (tertiary/aromatic N) is 1. The summed E-state index contributed by atoms with van der Waals surface area (Å²) in [5.41, 5.74) is -1.36. The van der Waals surface area contributed by atoms with Crippen LogP contribution in [0.2, 0.25) is 5.15 Å². The van der Waals surface area contributed by atoms with Crippen LogP contribution in [0.1, 0.15) is 12.0 Å². The summed E-state index contributed by atoms with van der Waals surface area (Å²) in [4.78, 5) is 1.90. The predicted octanol–water partition coefficient (Wildman–Crippen LogP) is 1.46. The molecule has 0 fully saturated rings. The molecule has 0 saturated heterocycles. The Kier molecular flexibility index (Phi) is 3.22. The van der Waals surface area contributed by atoms with E-state index in [0.29, 0.717) is 6.20 Å². The Morgan fingerprint density at radius 1 is 1.47 bits per heavy atom. The van der Waals surface area contributed by atoms with Gasteiger partial charge in [0.25, 0.3) is 6.43 Å². The van der Waals surface area contributed by atoms with Gasteiger partial charge in [-0.25, -0.2) is 31.7 Å². The van der Waals surface area contributed by atoms with Crippen LogP contribution in [0.3, 0.4) is 0 Å². The second-order valence-electron chi connectivity index (χ2n) is 2.49. The molecule has 0 spiro atoms. The number of nitrogens with two attached hydrogens (primary N) is 1. The average Bonchev–Trinajstić information content (AvgIpc) is 2.05. The molecular weight excluding hydrogens is 257 g/mol. The lowest BCUT2D eigenvalue weighted by atomic mass is 10.2. The highest BCUT2D eigenvalue weighted by Gasteiger charge is 2.28. The normalized spacial score (nSPS) is 12.1. The van der Waals surface area contributed by atoms with Crippen molar-refractivity contribution in [3.05, 3.63) is 22.7 Å². The topological polar surface area (TPSA) is 73.1 Å². The van der Waals surface area contributed by atoms with E-state index in [1.165, 1.54) is 0 Å². The molecule has 0 radical (unpaired) electrons. The lowest BCUT2D eigenvalue weighted by molar-refractivity contribution is 0.142. The van der Waals surface area contributed by atoms with E-state index in [1.54, 1.807) is 0 Å². The Balaban J connectivity index is 3.68.